The number of amides is 1. The average Bonchev–Trinajstić information content (AvgIpc) is 2.43. The molecule has 1 aliphatic heterocycles. The normalized spacial score (nSPS) is 17.8. The molecule has 0 atom stereocenters. The van der Waals surface area contributed by atoms with Gasteiger partial charge in [0.25, 0.3) is 0 Å². The van der Waals surface area contributed by atoms with Crippen molar-refractivity contribution in [3.05, 3.63) is 28.5 Å². The van der Waals surface area contributed by atoms with E-state index < -0.39 is 5.82 Å². The molecular formula is C15H20BrFN2O. The van der Waals surface area contributed by atoms with Crippen LogP contribution < -0.4 is 10.6 Å². The molecule has 0 radical (unpaired) electrons. The maximum atomic E-state index is 13.8. The minimum absolute atomic E-state index is 0.0536. The van der Waals surface area contributed by atoms with E-state index >= 15 is 0 Å². The predicted molar refractivity (Wildman–Crippen MR) is 82.2 cm³/mol. The second-order valence-electron chi connectivity index (χ2n) is 5.36. The smallest absolute Gasteiger partial charge is 0.230 e. The summed E-state index contributed by atoms with van der Waals surface area (Å²) in [7, 11) is 0. The van der Waals surface area contributed by atoms with Crippen molar-refractivity contribution in [3.63, 3.8) is 0 Å². The summed E-state index contributed by atoms with van der Waals surface area (Å²) < 4.78 is 14.5. The Morgan fingerprint density at radius 2 is 2.15 bits per heavy atom. The van der Waals surface area contributed by atoms with Crippen LogP contribution in [0, 0.1) is 11.2 Å². The van der Waals surface area contributed by atoms with E-state index in [0.717, 1.165) is 38.8 Å². The second kappa shape index (κ2) is 6.68. The lowest BCUT2D eigenvalue weighted by molar-refractivity contribution is -0.127. The number of hydrogen-bond donors (Lipinski definition) is 2. The summed E-state index contributed by atoms with van der Waals surface area (Å²) in [6.45, 7) is 3.77. The first-order valence-corrected chi connectivity index (χ1v) is 7.84. The first kappa shape index (κ1) is 15.4. The van der Waals surface area contributed by atoms with Crippen LogP contribution in [0.25, 0.3) is 0 Å². The number of halogens is 2. The molecule has 1 aromatic rings. The lowest BCUT2D eigenvalue weighted by Gasteiger charge is -2.36. The topological polar surface area (TPSA) is 41.1 Å². The number of carbonyl (C=O) groups excluding carboxylic acids is 1. The fraction of sp³-hybridized carbons (Fsp3) is 0.533. The molecule has 1 aliphatic rings. The number of nitrogens with one attached hydrogen (secondary N) is 2. The molecule has 2 rings (SSSR count). The van der Waals surface area contributed by atoms with Crippen LogP contribution in [0.2, 0.25) is 0 Å². The number of rotatable bonds is 4. The van der Waals surface area contributed by atoms with Crippen LogP contribution in [0.4, 0.5) is 10.1 Å². The van der Waals surface area contributed by atoms with Crippen molar-refractivity contribution < 1.29 is 9.18 Å². The van der Waals surface area contributed by atoms with E-state index in [1.165, 1.54) is 6.07 Å². The molecule has 0 aromatic heterocycles. The summed E-state index contributed by atoms with van der Waals surface area (Å²) in [4.78, 5) is 12.6. The van der Waals surface area contributed by atoms with Gasteiger partial charge in [0.2, 0.25) is 5.91 Å². The zero-order valence-electron chi connectivity index (χ0n) is 11.6. The third kappa shape index (κ3) is 3.38. The molecule has 3 nitrogen and oxygen atoms in total. The monoisotopic (exact) mass is 342 g/mol. The SMILES string of the molecule is CCCC1(C(=O)Nc2ccc(Br)cc2F)CCNCC1. The Hall–Kier alpha value is -0.940. The van der Waals surface area contributed by atoms with Gasteiger partial charge in [-0.1, -0.05) is 29.3 Å². The molecule has 1 fully saturated rings. The minimum atomic E-state index is -0.409. The van der Waals surface area contributed by atoms with Gasteiger partial charge in [0.05, 0.1) is 11.1 Å². The van der Waals surface area contributed by atoms with Gasteiger partial charge in [0.1, 0.15) is 5.82 Å². The Kier molecular flexibility index (Phi) is 5.16. The van der Waals surface area contributed by atoms with Gasteiger partial charge in [-0.15, -0.1) is 0 Å². The highest BCUT2D eigenvalue weighted by Crippen LogP contribution is 2.35. The van der Waals surface area contributed by atoms with Crippen LogP contribution in [0.1, 0.15) is 32.6 Å². The average molecular weight is 343 g/mol. The highest BCUT2D eigenvalue weighted by atomic mass is 79.9. The summed E-state index contributed by atoms with van der Waals surface area (Å²) in [5.41, 5.74) is -0.105. The molecule has 0 saturated carbocycles. The van der Waals surface area contributed by atoms with E-state index in [1.807, 2.05) is 0 Å². The van der Waals surface area contributed by atoms with Crippen molar-refractivity contribution in [3.8, 4) is 0 Å². The lowest BCUT2D eigenvalue weighted by atomic mass is 9.74. The molecule has 0 aliphatic carbocycles. The number of anilines is 1. The van der Waals surface area contributed by atoms with E-state index in [1.54, 1.807) is 12.1 Å². The zero-order valence-corrected chi connectivity index (χ0v) is 13.2. The largest absolute Gasteiger partial charge is 0.323 e. The van der Waals surface area contributed by atoms with E-state index in [2.05, 4.69) is 33.5 Å². The number of piperidine rings is 1. The summed E-state index contributed by atoms with van der Waals surface area (Å²) in [5.74, 6) is -0.463. The van der Waals surface area contributed by atoms with Crippen molar-refractivity contribution >= 4 is 27.5 Å². The van der Waals surface area contributed by atoms with Crippen LogP contribution in [0.15, 0.2) is 22.7 Å². The van der Waals surface area contributed by atoms with Crippen molar-refractivity contribution in [1.82, 2.24) is 5.32 Å². The van der Waals surface area contributed by atoms with Crippen LogP contribution in [-0.4, -0.2) is 19.0 Å². The fourth-order valence-corrected chi connectivity index (χ4v) is 3.15. The summed E-state index contributed by atoms with van der Waals surface area (Å²) in [6, 6.07) is 4.69. The first-order chi connectivity index (χ1) is 9.57. The van der Waals surface area contributed by atoms with E-state index in [0.29, 0.717) is 4.47 Å². The molecule has 110 valence electrons. The Morgan fingerprint density at radius 1 is 1.45 bits per heavy atom. The molecule has 0 bridgehead atoms. The Bertz CT molecular complexity index is 481. The zero-order chi connectivity index (χ0) is 14.6. The molecule has 2 N–H and O–H groups in total. The summed E-state index contributed by atoms with van der Waals surface area (Å²) in [5, 5.41) is 6.05. The lowest BCUT2D eigenvalue weighted by Crippen LogP contribution is -2.45. The van der Waals surface area contributed by atoms with Gasteiger partial charge < -0.3 is 10.6 Å². The molecule has 1 heterocycles. The van der Waals surface area contributed by atoms with Crippen molar-refractivity contribution in [2.45, 2.75) is 32.6 Å². The van der Waals surface area contributed by atoms with Gasteiger partial charge in [-0.2, -0.15) is 0 Å². The highest BCUT2D eigenvalue weighted by Gasteiger charge is 2.38. The van der Waals surface area contributed by atoms with Gasteiger partial charge in [0, 0.05) is 4.47 Å². The van der Waals surface area contributed by atoms with Gasteiger partial charge in [-0.25, -0.2) is 4.39 Å². The van der Waals surface area contributed by atoms with Crippen LogP contribution in [0.5, 0.6) is 0 Å². The standard InChI is InChI=1S/C15H20BrFN2O/c1-2-5-15(6-8-18-9-7-15)14(20)19-13-4-3-11(16)10-12(13)17/h3-4,10,18H,2,5-9H2,1H3,(H,19,20). The van der Waals surface area contributed by atoms with Gasteiger partial charge >= 0.3 is 0 Å². The number of hydrogen-bond acceptors (Lipinski definition) is 2. The summed E-state index contributed by atoms with van der Waals surface area (Å²) >= 11 is 3.21. The van der Waals surface area contributed by atoms with Crippen LogP contribution in [-0.2, 0) is 4.79 Å². The first-order valence-electron chi connectivity index (χ1n) is 7.04. The Balaban J connectivity index is 2.15. The van der Waals surface area contributed by atoms with Crippen molar-refractivity contribution in [2.75, 3.05) is 18.4 Å². The minimum Gasteiger partial charge on any atom is -0.323 e. The molecule has 0 unspecified atom stereocenters. The highest BCUT2D eigenvalue weighted by molar-refractivity contribution is 9.10. The fourth-order valence-electron chi connectivity index (χ4n) is 2.82. The maximum Gasteiger partial charge on any atom is 0.230 e. The van der Waals surface area contributed by atoms with E-state index in [4.69, 9.17) is 0 Å². The quantitative estimate of drug-likeness (QED) is 0.875. The Morgan fingerprint density at radius 3 is 2.75 bits per heavy atom. The van der Waals surface area contributed by atoms with Crippen LogP contribution >= 0.6 is 15.9 Å². The molecule has 1 aromatic carbocycles. The second-order valence-corrected chi connectivity index (χ2v) is 6.27. The van der Waals surface area contributed by atoms with E-state index in [-0.39, 0.29) is 17.0 Å². The van der Waals surface area contributed by atoms with E-state index in [9.17, 15) is 9.18 Å². The van der Waals surface area contributed by atoms with Crippen molar-refractivity contribution in [1.29, 1.82) is 0 Å². The van der Waals surface area contributed by atoms with Gasteiger partial charge in [-0.3, -0.25) is 4.79 Å². The predicted octanol–water partition coefficient (Wildman–Crippen LogP) is 3.70. The number of benzene rings is 1. The third-order valence-electron chi connectivity index (χ3n) is 3.95. The van der Waals surface area contributed by atoms with Crippen LogP contribution in [0.3, 0.4) is 0 Å². The molecule has 1 amide bonds. The molecule has 20 heavy (non-hydrogen) atoms. The molecule has 5 heteroatoms. The third-order valence-corrected chi connectivity index (χ3v) is 4.44. The molecule has 1 saturated heterocycles. The van der Waals surface area contributed by atoms with Gasteiger partial charge in [0.15, 0.2) is 0 Å². The number of carbonyl (C=O) groups is 1. The van der Waals surface area contributed by atoms with Crippen molar-refractivity contribution in [2.24, 2.45) is 5.41 Å². The van der Waals surface area contributed by atoms with Gasteiger partial charge in [-0.05, 0) is 50.6 Å². The summed E-state index contributed by atoms with van der Waals surface area (Å²) in [6.07, 6.45) is 3.42. The maximum absolute atomic E-state index is 13.8. The molecular weight excluding hydrogens is 323 g/mol. The Labute approximate surface area is 127 Å². The molecule has 0 spiro atoms.